The van der Waals surface area contributed by atoms with E-state index in [4.69, 9.17) is 9.72 Å². The molecule has 1 aliphatic heterocycles. The number of thiazole rings is 1. The van der Waals surface area contributed by atoms with Gasteiger partial charge in [-0.1, -0.05) is 6.07 Å². The zero-order valence-corrected chi connectivity index (χ0v) is 18.9. The molecule has 0 spiro atoms. The maximum Gasteiger partial charge on any atom is 0.188 e. The van der Waals surface area contributed by atoms with Gasteiger partial charge in [-0.3, -0.25) is 9.88 Å². The van der Waals surface area contributed by atoms with Gasteiger partial charge in [0.1, 0.15) is 5.75 Å². The summed E-state index contributed by atoms with van der Waals surface area (Å²) in [4.78, 5) is 16.1. The Morgan fingerprint density at radius 3 is 2.77 bits per heavy atom. The van der Waals surface area contributed by atoms with E-state index in [1.165, 1.54) is 5.56 Å². The predicted molar refractivity (Wildman–Crippen MR) is 123 cm³/mol. The molecule has 0 aliphatic carbocycles. The number of nitrogens with zero attached hydrogens (tertiary/aromatic N) is 4. The molecule has 31 heavy (non-hydrogen) atoms. The number of aliphatic hydroxyl groups excluding tert-OH is 1. The number of anilines is 2. The van der Waals surface area contributed by atoms with Crippen molar-refractivity contribution in [2.45, 2.75) is 45.8 Å². The largest absolute Gasteiger partial charge is 0.494 e. The van der Waals surface area contributed by atoms with Gasteiger partial charge in [-0.05, 0) is 57.5 Å². The summed E-state index contributed by atoms with van der Waals surface area (Å²) in [5.41, 5.74) is 4.10. The molecule has 0 amide bonds. The number of nitrogens with one attached hydrogen (secondary N) is 1. The quantitative estimate of drug-likeness (QED) is 0.543. The molecule has 1 aliphatic rings. The highest BCUT2D eigenvalue weighted by Gasteiger charge is 2.22. The normalized spacial score (nSPS) is 15.2. The highest BCUT2D eigenvalue weighted by atomic mass is 32.1. The molecule has 1 aromatic carbocycles. The predicted octanol–water partition coefficient (Wildman–Crippen LogP) is 4.26. The standard InChI is InChI=1S/C23H29N5O2S/c1-3-30-21-5-4-17(10-19(21)14-29)13-28-8-6-18(7-9-28)20-11-24-12-22(26-20)27-23-25-16(2)15-31-23/h4-5,10-12,15,18,29H,3,6-9,13-14H2,1-2H3,(H,25,26,27). The molecule has 0 atom stereocenters. The minimum absolute atomic E-state index is 0.00511. The number of aliphatic hydroxyl groups is 1. The Morgan fingerprint density at radius 2 is 2.06 bits per heavy atom. The van der Waals surface area contributed by atoms with Gasteiger partial charge in [0.15, 0.2) is 10.9 Å². The van der Waals surface area contributed by atoms with Gasteiger partial charge in [-0.25, -0.2) is 9.97 Å². The first kappa shape index (κ1) is 21.7. The van der Waals surface area contributed by atoms with Gasteiger partial charge in [0, 0.05) is 29.6 Å². The zero-order valence-electron chi connectivity index (χ0n) is 18.0. The highest BCUT2D eigenvalue weighted by Crippen LogP contribution is 2.29. The molecule has 0 unspecified atom stereocenters. The van der Waals surface area contributed by atoms with E-state index in [9.17, 15) is 5.11 Å². The lowest BCUT2D eigenvalue weighted by atomic mass is 9.93. The van der Waals surface area contributed by atoms with Gasteiger partial charge in [-0.2, -0.15) is 0 Å². The van der Waals surface area contributed by atoms with Crippen molar-refractivity contribution in [3.63, 3.8) is 0 Å². The van der Waals surface area contributed by atoms with Crippen LogP contribution in [-0.4, -0.2) is 44.7 Å². The number of hydrogen-bond donors (Lipinski definition) is 2. The molecule has 8 heteroatoms. The Hall–Kier alpha value is -2.55. The van der Waals surface area contributed by atoms with Crippen molar-refractivity contribution in [3.05, 3.63) is 58.5 Å². The fourth-order valence-corrected chi connectivity index (χ4v) is 4.65. The minimum Gasteiger partial charge on any atom is -0.494 e. The molecule has 1 saturated heterocycles. The van der Waals surface area contributed by atoms with Gasteiger partial charge in [0.2, 0.25) is 0 Å². The molecular weight excluding hydrogens is 410 g/mol. The van der Waals surface area contributed by atoms with E-state index in [2.05, 4.69) is 32.3 Å². The van der Waals surface area contributed by atoms with E-state index in [0.29, 0.717) is 12.5 Å². The van der Waals surface area contributed by atoms with Gasteiger partial charge in [0.05, 0.1) is 30.8 Å². The Bertz CT molecular complexity index is 1000. The van der Waals surface area contributed by atoms with Crippen molar-refractivity contribution in [1.29, 1.82) is 0 Å². The molecule has 0 saturated carbocycles. The van der Waals surface area contributed by atoms with E-state index in [0.717, 1.165) is 66.1 Å². The lowest BCUT2D eigenvalue weighted by molar-refractivity contribution is 0.203. The van der Waals surface area contributed by atoms with Crippen molar-refractivity contribution in [2.24, 2.45) is 0 Å². The lowest BCUT2D eigenvalue weighted by Gasteiger charge is -2.31. The first-order valence-electron chi connectivity index (χ1n) is 10.7. The van der Waals surface area contributed by atoms with Gasteiger partial charge in [0.25, 0.3) is 0 Å². The van der Waals surface area contributed by atoms with Crippen molar-refractivity contribution >= 4 is 22.3 Å². The molecule has 7 nitrogen and oxygen atoms in total. The summed E-state index contributed by atoms with van der Waals surface area (Å²) in [6.45, 7) is 7.43. The molecule has 2 aromatic heterocycles. The highest BCUT2D eigenvalue weighted by molar-refractivity contribution is 7.13. The second-order valence-electron chi connectivity index (χ2n) is 7.83. The number of aryl methyl sites for hydroxylation is 1. The Labute approximate surface area is 187 Å². The molecule has 2 N–H and O–H groups in total. The minimum atomic E-state index is -0.00511. The molecule has 164 valence electrons. The van der Waals surface area contributed by atoms with E-state index in [1.54, 1.807) is 17.5 Å². The van der Waals surface area contributed by atoms with E-state index in [1.807, 2.05) is 31.5 Å². The van der Waals surface area contributed by atoms with Crippen LogP contribution in [0.2, 0.25) is 0 Å². The van der Waals surface area contributed by atoms with Crippen LogP contribution in [0.1, 0.15) is 48.2 Å². The average molecular weight is 440 g/mol. The molecule has 4 rings (SSSR count). The van der Waals surface area contributed by atoms with Crippen molar-refractivity contribution in [1.82, 2.24) is 19.9 Å². The maximum atomic E-state index is 9.64. The number of hydrogen-bond acceptors (Lipinski definition) is 8. The summed E-state index contributed by atoms with van der Waals surface area (Å²) in [6.07, 6.45) is 5.75. The van der Waals surface area contributed by atoms with Crippen LogP contribution in [0.3, 0.4) is 0 Å². The van der Waals surface area contributed by atoms with Crippen LogP contribution in [0, 0.1) is 6.92 Å². The van der Waals surface area contributed by atoms with Gasteiger partial charge < -0.3 is 15.2 Å². The summed E-state index contributed by atoms with van der Waals surface area (Å²) in [6, 6.07) is 6.12. The maximum absolute atomic E-state index is 9.64. The van der Waals surface area contributed by atoms with Crippen LogP contribution in [-0.2, 0) is 13.2 Å². The molecule has 3 heterocycles. The smallest absolute Gasteiger partial charge is 0.188 e. The number of rotatable bonds is 8. The van der Waals surface area contributed by atoms with Crippen molar-refractivity contribution in [3.8, 4) is 5.75 Å². The Kier molecular flexibility index (Phi) is 7.11. The second kappa shape index (κ2) is 10.2. The molecule has 0 bridgehead atoms. The van der Waals surface area contributed by atoms with Crippen LogP contribution in [0.5, 0.6) is 5.75 Å². The summed E-state index contributed by atoms with van der Waals surface area (Å²) in [5.74, 6) is 1.93. The van der Waals surface area contributed by atoms with E-state index < -0.39 is 0 Å². The second-order valence-corrected chi connectivity index (χ2v) is 8.69. The Morgan fingerprint density at radius 1 is 1.23 bits per heavy atom. The SMILES string of the molecule is CCOc1ccc(CN2CCC(c3cncc(Nc4nc(C)cs4)n3)CC2)cc1CO. The molecule has 1 fully saturated rings. The monoisotopic (exact) mass is 439 g/mol. The number of piperidine rings is 1. The van der Waals surface area contributed by atoms with Crippen molar-refractivity contribution < 1.29 is 9.84 Å². The van der Waals surface area contributed by atoms with Crippen molar-refractivity contribution in [2.75, 3.05) is 25.0 Å². The first-order valence-corrected chi connectivity index (χ1v) is 11.6. The molecular formula is C23H29N5O2S. The fourth-order valence-electron chi connectivity index (χ4n) is 3.95. The molecule has 3 aromatic rings. The van der Waals surface area contributed by atoms with E-state index in [-0.39, 0.29) is 6.61 Å². The summed E-state index contributed by atoms with van der Waals surface area (Å²) >= 11 is 1.57. The third-order valence-electron chi connectivity index (χ3n) is 5.51. The van der Waals surface area contributed by atoms with Crippen LogP contribution in [0.25, 0.3) is 0 Å². The first-order chi connectivity index (χ1) is 15.1. The average Bonchev–Trinajstić information content (AvgIpc) is 3.20. The van der Waals surface area contributed by atoms with Gasteiger partial charge >= 0.3 is 0 Å². The topological polar surface area (TPSA) is 83.4 Å². The van der Waals surface area contributed by atoms with Crippen LogP contribution >= 0.6 is 11.3 Å². The summed E-state index contributed by atoms with van der Waals surface area (Å²) < 4.78 is 5.59. The van der Waals surface area contributed by atoms with Gasteiger partial charge in [-0.15, -0.1) is 11.3 Å². The third kappa shape index (κ3) is 5.58. The third-order valence-corrected chi connectivity index (χ3v) is 6.39. The Balaban J connectivity index is 1.34. The van der Waals surface area contributed by atoms with Crippen LogP contribution < -0.4 is 10.1 Å². The zero-order chi connectivity index (χ0) is 21.6. The van der Waals surface area contributed by atoms with Crippen LogP contribution in [0.15, 0.2) is 36.0 Å². The summed E-state index contributed by atoms with van der Waals surface area (Å²) in [5, 5.41) is 15.8. The number of ether oxygens (including phenoxy) is 1. The van der Waals surface area contributed by atoms with Crippen LogP contribution in [0.4, 0.5) is 10.9 Å². The lowest BCUT2D eigenvalue weighted by Crippen LogP contribution is -2.32. The van der Waals surface area contributed by atoms with E-state index >= 15 is 0 Å². The summed E-state index contributed by atoms with van der Waals surface area (Å²) in [7, 11) is 0. The fraction of sp³-hybridized carbons (Fsp3) is 0.435. The number of aromatic nitrogens is 3. The number of benzene rings is 1. The number of likely N-dealkylation sites (tertiary alicyclic amines) is 1. The molecule has 0 radical (unpaired) electrons.